The van der Waals surface area contributed by atoms with Gasteiger partial charge >= 0.3 is 5.97 Å². The first-order valence-corrected chi connectivity index (χ1v) is 12.2. The number of nitrogens with zero attached hydrogens (tertiary/aromatic N) is 5. The second kappa shape index (κ2) is 11.1. The van der Waals surface area contributed by atoms with E-state index in [0.717, 1.165) is 31.6 Å². The van der Waals surface area contributed by atoms with Crippen molar-refractivity contribution in [3.63, 3.8) is 0 Å². The Morgan fingerprint density at radius 2 is 1.78 bits per heavy atom. The van der Waals surface area contributed by atoms with E-state index in [2.05, 4.69) is 35.7 Å². The van der Waals surface area contributed by atoms with Crippen molar-refractivity contribution >= 4 is 47.3 Å². The first-order chi connectivity index (χ1) is 18.0. The van der Waals surface area contributed by atoms with Crippen molar-refractivity contribution in [2.75, 3.05) is 28.7 Å². The Balaban J connectivity index is 1.33. The van der Waals surface area contributed by atoms with Gasteiger partial charge in [-0.3, -0.25) is 0 Å². The molecule has 1 aliphatic heterocycles. The number of nitrogens with one attached hydrogen (secondary N) is 2. The fraction of sp³-hybridized carbons (Fsp3) is 0.192. The van der Waals surface area contributed by atoms with Gasteiger partial charge in [0.1, 0.15) is 11.5 Å². The Morgan fingerprint density at radius 1 is 1.00 bits per heavy atom. The van der Waals surface area contributed by atoms with E-state index in [1.165, 1.54) is 24.8 Å². The summed E-state index contributed by atoms with van der Waals surface area (Å²) in [5.41, 5.74) is 4.33. The maximum absolute atomic E-state index is 11.4. The zero-order valence-electron chi connectivity index (χ0n) is 19.8. The van der Waals surface area contributed by atoms with Crippen LogP contribution in [-0.2, 0) is 0 Å². The van der Waals surface area contributed by atoms with E-state index >= 15 is 0 Å². The Hall–Kier alpha value is -4.44. The molecule has 10 nitrogen and oxygen atoms in total. The van der Waals surface area contributed by atoms with Crippen molar-refractivity contribution in [3.05, 3.63) is 77.0 Å². The smallest absolute Gasteiger partial charge is 0.337 e. The van der Waals surface area contributed by atoms with E-state index in [4.69, 9.17) is 16.0 Å². The molecule has 3 heterocycles. The van der Waals surface area contributed by atoms with Gasteiger partial charge in [0, 0.05) is 24.3 Å². The van der Waals surface area contributed by atoms with Crippen LogP contribution in [0.5, 0.6) is 0 Å². The highest BCUT2D eigenvalue weighted by Gasteiger charge is 2.17. The fourth-order valence-corrected chi connectivity index (χ4v) is 4.13. The summed E-state index contributed by atoms with van der Waals surface area (Å²) in [6, 6.07) is 17.8. The topological polar surface area (TPSA) is 129 Å². The molecular formula is C26H24ClN7O3. The molecule has 1 aliphatic rings. The zero-order valence-corrected chi connectivity index (χ0v) is 20.5. The van der Waals surface area contributed by atoms with Crippen molar-refractivity contribution in [3.8, 4) is 11.3 Å². The van der Waals surface area contributed by atoms with Crippen molar-refractivity contribution in [1.82, 2.24) is 15.0 Å². The number of rotatable bonds is 8. The van der Waals surface area contributed by atoms with Crippen molar-refractivity contribution in [1.29, 1.82) is 0 Å². The molecule has 0 radical (unpaired) electrons. The number of carboxylic acid groups (broad SMARTS) is 1. The number of carboxylic acids is 1. The van der Waals surface area contributed by atoms with E-state index in [-0.39, 0.29) is 10.6 Å². The van der Waals surface area contributed by atoms with Crippen LogP contribution in [0.2, 0.25) is 5.02 Å². The Bertz CT molecular complexity index is 1420. The predicted octanol–water partition coefficient (Wildman–Crippen LogP) is 5.66. The molecule has 2 aromatic heterocycles. The number of para-hydroxylation sites is 1. The lowest BCUT2D eigenvalue weighted by molar-refractivity contribution is 0.0697. The SMILES string of the molecule is O=C(O)c1cc(-c2ccc(/C=N/Nc3nc(Nc4ccccc4)nc(N4CCCCC4)n3)o2)ccc1Cl. The standard InChI is InChI=1S/C26H24ClN7O3/c27-21-11-9-17(15-20(21)23(35)36)22-12-10-19(37-22)16-28-33-25-30-24(29-18-7-3-1-4-8-18)31-26(32-25)34-13-5-2-6-14-34/h1,3-4,7-12,15-16H,2,5-6,13-14H2,(H,35,36)(H2,29,30,31,32,33)/b28-16+. The van der Waals surface area contributed by atoms with Crippen LogP contribution in [-0.4, -0.2) is 45.3 Å². The summed E-state index contributed by atoms with van der Waals surface area (Å²) in [6.45, 7) is 1.78. The van der Waals surface area contributed by atoms with Crippen molar-refractivity contribution in [2.45, 2.75) is 19.3 Å². The van der Waals surface area contributed by atoms with E-state index in [1.54, 1.807) is 18.2 Å². The van der Waals surface area contributed by atoms with Gasteiger partial charge in [-0.1, -0.05) is 29.8 Å². The van der Waals surface area contributed by atoms with Gasteiger partial charge in [-0.2, -0.15) is 20.1 Å². The van der Waals surface area contributed by atoms with E-state index in [1.807, 2.05) is 30.3 Å². The monoisotopic (exact) mass is 517 g/mol. The number of aromatic nitrogens is 3. The summed E-state index contributed by atoms with van der Waals surface area (Å²) >= 11 is 5.96. The lowest BCUT2D eigenvalue weighted by Crippen LogP contribution is -2.31. The van der Waals surface area contributed by atoms with Crippen molar-refractivity contribution < 1.29 is 14.3 Å². The molecule has 0 amide bonds. The molecule has 1 fully saturated rings. The van der Waals surface area contributed by atoms with E-state index in [0.29, 0.717) is 34.9 Å². The molecule has 0 saturated carbocycles. The molecule has 3 N–H and O–H groups in total. The third-order valence-corrected chi connectivity index (χ3v) is 6.09. The maximum Gasteiger partial charge on any atom is 0.337 e. The molecular weight excluding hydrogens is 494 g/mol. The van der Waals surface area contributed by atoms with Gasteiger partial charge in [-0.25, -0.2) is 10.2 Å². The van der Waals surface area contributed by atoms with Gasteiger partial charge in [-0.15, -0.1) is 0 Å². The van der Waals surface area contributed by atoms with Crippen LogP contribution in [0.15, 0.2) is 70.2 Å². The largest absolute Gasteiger partial charge is 0.478 e. The highest BCUT2D eigenvalue weighted by atomic mass is 35.5. The van der Waals surface area contributed by atoms with E-state index in [9.17, 15) is 9.90 Å². The Labute approximate surface area is 218 Å². The van der Waals surface area contributed by atoms with E-state index < -0.39 is 5.97 Å². The molecule has 0 unspecified atom stereocenters. The molecule has 11 heteroatoms. The number of piperidine rings is 1. The first kappa shape index (κ1) is 24.3. The second-order valence-electron chi connectivity index (χ2n) is 8.39. The minimum absolute atomic E-state index is 0.00622. The average Bonchev–Trinajstić information content (AvgIpc) is 3.39. The molecule has 2 aromatic carbocycles. The number of aromatic carboxylic acids is 1. The van der Waals surface area contributed by atoms with Crippen LogP contribution < -0.4 is 15.6 Å². The quantitative estimate of drug-likeness (QED) is 0.200. The maximum atomic E-state index is 11.4. The summed E-state index contributed by atoms with van der Waals surface area (Å²) in [5.74, 6) is 1.14. The number of halogens is 1. The third kappa shape index (κ3) is 6.04. The van der Waals surface area contributed by atoms with Gasteiger partial charge in [0.2, 0.25) is 17.8 Å². The summed E-state index contributed by atoms with van der Waals surface area (Å²) in [5, 5.41) is 16.9. The number of hydrogen-bond acceptors (Lipinski definition) is 9. The average molecular weight is 518 g/mol. The summed E-state index contributed by atoms with van der Waals surface area (Å²) in [6.07, 6.45) is 4.88. The summed E-state index contributed by atoms with van der Waals surface area (Å²) < 4.78 is 5.80. The number of hydrazone groups is 1. The number of hydrogen-bond donors (Lipinski definition) is 3. The number of benzene rings is 2. The second-order valence-corrected chi connectivity index (χ2v) is 8.80. The zero-order chi connectivity index (χ0) is 25.6. The fourth-order valence-electron chi connectivity index (χ4n) is 3.93. The molecule has 37 heavy (non-hydrogen) atoms. The molecule has 0 aliphatic carbocycles. The number of furan rings is 1. The van der Waals surface area contributed by atoms with Gasteiger partial charge < -0.3 is 19.7 Å². The minimum Gasteiger partial charge on any atom is -0.478 e. The molecule has 5 rings (SSSR count). The van der Waals surface area contributed by atoms with Crippen LogP contribution >= 0.6 is 11.6 Å². The van der Waals surface area contributed by atoms with Gasteiger partial charge in [-0.05, 0) is 61.7 Å². The Morgan fingerprint density at radius 3 is 2.57 bits per heavy atom. The number of carbonyl (C=O) groups is 1. The first-order valence-electron chi connectivity index (χ1n) is 11.8. The molecule has 1 saturated heterocycles. The predicted molar refractivity (Wildman–Crippen MR) is 143 cm³/mol. The minimum atomic E-state index is -1.10. The van der Waals surface area contributed by atoms with Crippen LogP contribution in [0.3, 0.4) is 0 Å². The number of anilines is 4. The van der Waals surface area contributed by atoms with Gasteiger partial charge in [0.15, 0.2) is 0 Å². The van der Waals surface area contributed by atoms with Crippen LogP contribution in [0, 0.1) is 0 Å². The van der Waals surface area contributed by atoms with Gasteiger partial charge in [0.25, 0.3) is 0 Å². The molecule has 4 aromatic rings. The normalized spacial score (nSPS) is 13.6. The lowest BCUT2D eigenvalue weighted by Gasteiger charge is -2.26. The highest BCUT2D eigenvalue weighted by Crippen LogP contribution is 2.27. The molecule has 0 atom stereocenters. The Kier molecular flexibility index (Phi) is 7.27. The molecule has 0 bridgehead atoms. The van der Waals surface area contributed by atoms with Crippen molar-refractivity contribution in [2.24, 2.45) is 5.10 Å². The van der Waals surface area contributed by atoms with Crippen LogP contribution in [0.1, 0.15) is 35.4 Å². The van der Waals surface area contributed by atoms with Gasteiger partial charge in [0.05, 0.1) is 16.8 Å². The summed E-state index contributed by atoms with van der Waals surface area (Å²) in [4.78, 5) is 27.1. The van der Waals surface area contributed by atoms with Crippen LogP contribution in [0.4, 0.5) is 23.5 Å². The summed E-state index contributed by atoms with van der Waals surface area (Å²) in [7, 11) is 0. The van der Waals surface area contributed by atoms with Crippen LogP contribution in [0.25, 0.3) is 11.3 Å². The highest BCUT2D eigenvalue weighted by molar-refractivity contribution is 6.33. The molecule has 0 spiro atoms. The lowest BCUT2D eigenvalue weighted by atomic mass is 10.1. The third-order valence-electron chi connectivity index (χ3n) is 5.76. The molecule has 188 valence electrons.